The van der Waals surface area contributed by atoms with E-state index in [0.29, 0.717) is 17.7 Å². The second kappa shape index (κ2) is 8.40. The van der Waals surface area contributed by atoms with Crippen molar-refractivity contribution in [1.82, 2.24) is 14.1 Å². The lowest BCUT2D eigenvalue weighted by Crippen LogP contribution is -2.28. The first kappa shape index (κ1) is 20.7. The third-order valence-corrected chi connectivity index (χ3v) is 6.40. The quantitative estimate of drug-likeness (QED) is 0.350. The zero-order valence-corrected chi connectivity index (χ0v) is 18.5. The van der Waals surface area contributed by atoms with Crippen LogP contribution in [0.25, 0.3) is 10.9 Å². The van der Waals surface area contributed by atoms with Crippen LogP contribution in [0.2, 0.25) is 0 Å². The highest BCUT2D eigenvalue weighted by Gasteiger charge is 2.32. The van der Waals surface area contributed by atoms with Crippen molar-refractivity contribution in [2.75, 3.05) is 0 Å². The van der Waals surface area contributed by atoms with Crippen molar-refractivity contribution in [1.29, 1.82) is 5.26 Å². The maximum absolute atomic E-state index is 12.8. The molecule has 0 fully saturated rings. The lowest BCUT2D eigenvalue weighted by molar-refractivity contribution is 0.0513. The largest absolute Gasteiger partial charge is 0.365 e. The second-order valence-corrected chi connectivity index (χ2v) is 8.31. The summed E-state index contributed by atoms with van der Waals surface area (Å²) >= 11 is 0. The Kier molecular flexibility index (Phi) is 5.27. The molecule has 4 aromatic rings. The lowest BCUT2D eigenvalue weighted by atomic mass is 9.84. The molecule has 7 nitrogen and oxygen atoms in total. The normalized spacial score (nSPS) is 16.5. The highest BCUT2D eigenvalue weighted by molar-refractivity contribution is 6.14. The van der Waals surface area contributed by atoms with E-state index in [1.807, 2.05) is 31.3 Å². The number of imidazole rings is 1. The lowest BCUT2D eigenvalue weighted by Gasteiger charge is -2.25. The van der Waals surface area contributed by atoms with E-state index in [-0.39, 0.29) is 5.92 Å². The van der Waals surface area contributed by atoms with Crippen molar-refractivity contribution in [3.8, 4) is 6.07 Å². The minimum absolute atomic E-state index is 0.0643. The number of carbonyl (C=O) groups is 1. The zero-order chi connectivity index (χ0) is 22.9. The molecule has 2 aromatic carbocycles. The van der Waals surface area contributed by atoms with Crippen LogP contribution in [0.4, 0.5) is 0 Å². The van der Waals surface area contributed by atoms with Crippen LogP contribution in [0.3, 0.4) is 0 Å². The van der Waals surface area contributed by atoms with Crippen LogP contribution >= 0.6 is 0 Å². The minimum atomic E-state index is -0.579. The van der Waals surface area contributed by atoms with E-state index in [0.717, 1.165) is 40.8 Å². The van der Waals surface area contributed by atoms with Crippen LogP contribution in [-0.4, -0.2) is 25.8 Å². The molecule has 0 amide bonds. The number of rotatable bonds is 4. The molecule has 0 bridgehead atoms. The van der Waals surface area contributed by atoms with E-state index in [2.05, 4.69) is 38.5 Å². The summed E-state index contributed by atoms with van der Waals surface area (Å²) in [4.78, 5) is 22.6. The van der Waals surface area contributed by atoms with E-state index >= 15 is 0 Å². The van der Waals surface area contributed by atoms with Gasteiger partial charge in [0.15, 0.2) is 0 Å². The van der Waals surface area contributed by atoms with E-state index in [4.69, 9.17) is 10.1 Å². The number of carbonyl (C=O) groups excluding carboxylic acids is 1. The summed E-state index contributed by atoms with van der Waals surface area (Å²) in [6, 6.07) is 16.7. The predicted molar refractivity (Wildman–Crippen MR) is 125 cm³/mol. The third kappa shape index (κ3) is 3.70. The average molecular weight is 438 g/mol. The Labute approximate surface area is 191 Å². The molecule has 7 heteroatoms. The summed E-state index contributed by atoms with van der Waals surface area (Å²) in [7, 11) is 2.07. The monoisotopic (exact) mass is 437 g/mol. The molecule has 33 heavy (non-hydrogen) atoms. The molecule has 5 rings (SSSR count). The number of aryl methyl sites for hydroxylation is 2. The van der Waals surface area contributed by atoms with E-state index in [1.54, 1.807) is 24.4 Å². The first-order valence-electron chi connectivity index (χ1n) is 10.9. The number of oxime groups is 1. The van der Waals surface area contributed by atoms with Crippen LogP contribution in [0.5, 0.6) is 0 Å². The van der Waals surface area contributed by atoms with Crippen molar-refractivity contribution in [2.24, 2.45) is 18.1 Å². The van der Waals surface area contributed by atoms with Gasteiger partial charge in [-0.2, -0.15) is 5.26 Å². The molecule has 1 aliphatic rings. The van der Waals surface area contributed by atoms with Gasteiger partial charge in [-0.3, -0.25) is 0 Å². The predicted octanol–water partition coefficient (Wildman–Crippen LogP) is 4.38. The maximum Gasteiger partial charge on any atom is 0.365 e. The molecular weight excluding hydrogens is 414 g/mol. The molecule has 2 aromatic heterocycles. The number of hydrogen-bond acceptors (Lipinski definition) is 5. The van der Waals surface area contributed by atoms with Crippen LogP contribution in [0, 0.1) is 24.2 Å². The van der Waals surface area contributed by atoms with Crippen molar-refractivity contribution >= 4 is 22.6 Å². The third-order valence-electron chi connectivity index (χ3n) is 6.40. The van der Waals surface area contributed by atoms with Gasteiger partial charge in [-0.15, -0.1) is 0 Å². The number of nitrogens with zero attached hydrogens (tertiary/aromatic N) is 5. The minimum Gasteiger partial charge on any atom is -0.347 e. The Bertz CT molecular complexity index is 1440. The first-order chi connectivity index (χ1) is 16.1. The molecule has 1 aliphatic carbocycles. The van der Waals surface area contributed by atoms with Gasteiger partial charge in [-0.05, 0) is 44.0 Å². The summed E-state index contributed by atoms with van der Waals surface area (Å²) < 4.78 is 4.31. The fraction of sp³-hybridized carbons (Fsp3) is 0.231. The van der Waals surface area contributed by atoms with Crippen LogP contribution in [0.15, 0.2) is 66.1 Å². The van der Waals surface area contributed by atoms with Gasteiger partial charge >= 0.3 is 5.97 Å². The fourth-order valence-electron chi connectivity index (χ4n) is 4.67. The number of nitriles is 1. The van der Waals surface area contributed by atoms with E-state index in [1.165, 1.54) is 11.8 Å². The molecule has 0 N–H and O–H groups in total. The standard InChI is InChI=1S/C26H23N5O2/c1-17-28-12-13-31(17)16-20-10-11-23-24(21-8-3-4-9-22(21)30(23)2)25(20)29-33-26(32)19-7-5-6-18(14-19)15-27/h3-9,12-14,20H,10-11,16H2,1-2H3/b29-25+. The van der Waals surface area contributed by atoms with Gasteiger partial charge in [-0.1, -0.05) is 29.4 Å². The average Bonchev–Trinajstić information content (AvgIpc) is 3.38. The highest BCUT2D eigenvalue weighted by atomic mass is 16.7. The molecule has 164 valence electrons. The first-order valence-corrected chi connectivity index (χ1v) is 10.9. The molecule has 1 atom stereocenters. The SMILES string of the molecule is Cc1nccn1CC1CCc2c(c3ccccc3n2C)/C1=N/OC(=O)c1cccc(C#N)c1. The summed E-state index contributed by atoms with van der Waals surface area (Å²) in [5, 5.41) is 14.7. The van der Waals surface area contributed by atoms with Crippen molar-refractivity contribution in [3.05, 3.63) is 89.1 Å². The van der Waals surface area contributed by atoms with Gasteiger partial charge in [0.2, 0.25) is 0 Å². The van der Waals surface area contributed by atoms with Gasteiger partial charge in [-0.25, -0.2) is 9.78 Å². The molecule has 0 aliphatic heterocycles. The number of para-hydroxylation sites is 1. The topological polar surface area (TPSA) is 85.2 Å². The van der Waals surface area contributed by atoms with Gasteiger partial charge in [0.25, 0.3) is 0 Å². The molecular formula is C26H23N5O2. The Hall–Kier alpha value is -4.18. The Balaban J connectivity index is 1.57. The van der Waals surface area contributed by atoms with Crippen LogP contribution in [-0.2, 0) is 24.9 Å². The van der Waals surface area contributed by atoms with Gasteiger partial charge in [0.05, 0.1) is 22.9 Å². The molecule has 0 radical (unpaired) electrons. The van der Waals surface area contributed by atoms with Crippen molar-refractivity contribution in [2.45, 2.75) is 26.3 Å². The highest BCUT2D eigenvalue weighted by Crippen LogP contribution is 2.35. The van der Waals surface area contributed by atoms with Crippen LogP contribution < -0.4 is 0 Å². The zero-order valence-electron chi connectivity index (χ0n) is 18.5. The van der Waals surface area contributed by atoms with Crippen LogP contribution in [0.1, 0.15) is 39.4 Å². The smallest absolute Gasteiger partial charge is 0.347 e. The van der Waals surface area contributed by atoms with Crippen molar-refractivity contribution in [3.63, 3.8) is 0 Å². The fourth-order valence-corrected chi connectivity index (χ4v) is 4.67. The molecule has 1 unspecified atom stereocenters. The Morgan fingerprint density at radius 2 is 2.12 bits per heavy atom. The molecule has 0 spiro atoms. The summed E-state index contributed by atoms with van der Waals surface area (Å²) in [5.74, 6) is 0.419. The summed E-state index contributed by atoms with van der Waals surface area (Å²) in [5.41, 5.74) is 4.83. The molecule has 2 heterocycles. The van der Waals surface area contributed by atoms with Crippen molar-refractivity contribution < 1.29 is 9.63 Å². The Morgan fingerprint density at radius 1 is 1.27 bits per heavy atom. The van der Waals surface area contributed by atoms with Gasteiger partial charge in [0, 0.05) is 54.1 Å². The van der Waals surface area contributed by atoms with Gasteiger partial charge < -0.3 is 14.0 Å². The number of aromatic nitrogens is 3. The number of benzene rings is 2. The summed E-state index contributed by atoms with van der Waals surface area (Å²) in [6.45, 7) is 2.68. The van der Waals surface area contributed by atoms with Gasteiger partial charge in [0.1, 0.15) is 5.82 Å². The summed E-state index contributed by atoms with van der Waals surface area (Å²) in [6.07, 6.45) is 5.55. The number of fused-ring (bicyclic) bond motifs is 3. The molecule has 0 saturated heterocycles. The van der Waals surface area contributed by atoms with E-state index < -0.39 is 5.97 Å². The van der Waals surface area contributed by atoms with E-state index in [9.17, 15) is 4.79 Å². The second-order valence-electron chi connectivity index (χ2n) is 8.31. The number of hydrogen-bond donors (Lipinski definition) is 0. The Morgan fingerprint density at radius 3 is 2.91 bits per heavy atom. The molecule has 0 saturated carbocycles. The maximum atomic E-state index is 12.8.